The van der Waals surface area contributed by atoms with Gasteiger partial charge in [-0.3, -0.25) is 0 Å². The van der Waals surface area contributed by atoms with Crippen molar-refractivity contribution >= 4 is 6.08 Å². The molecular formula is C15H20O5. The summed E-state index contributed by atoms with van der Waals surface area (Å²) in [5.74, 6) is 0. The summed E-state index contributed by atoms with van der Waals surface area (Å²) in [5.41, 5.74) is 0.965. The van der Waals surface area contributed by atoms with E-state index < -0.39 is 30.5 Å². The first kappa shape index (κ1) is 15.2. The van der Waals surface area contributed by atoms with Gasteiger partial charge in [-0.15, -0.1) is 0 Å². The topological polar surface area (TPSA) is 90.2 Å². The Hall–Kier alpha value is -1.24. The monoisotopic (exact) mass is 280 g/mol. The standard InChI is InChI=1S/C15H20O5/c16-11(7-6-10-4-2-1-3-5-10)8-13-15(19)14(18)12(17)9-20-13/h1-7,11-19H,8-9H2/b7-6+/t11?,12-,13?,14+,15+/m1/s1. The van der Waals surface area contributed by atoms with Crippen molar-refractivity contribution in [2.45, 2.75) is 36.9 Å². The van der Waals surface area contributed by atoms with Crippen molar-refractivity contribution in [1.82, 2.24) is 0 Å². The molecule has 1 heterocycles. The molecule has 0 aromatic heterocycles. The summed E-state index contributed by atoms with van der Waals surface area (Å²) in [6, 6.07) is 9.53. The molecule has 2 unspecified atom stereocenters. The lowest BCUT2D eigenvalue weighted by Gasteiger charge is -2.35. The van der Waals surface area contributed by atoms with Crippen LogP contribution in [0.2, 0.25) is 0 Å². The van der Waals surface area contributed by atoms with E-state index in [0.29, 0.717) is 0 Å². The summed E-state index contributed by atoms with van der Waals surface area (Å²) >= 11 is 0. The van der Waals surface area contributed by atoms with Crippen LogP contribution in [-0.2, 0) is 4.74 Å². The minimum Gasteiger partial charge on any atom is -0.389 e. The van der Waals surface area contributed by atoms with Gasteiger partial charge in [-0.1, -0.05) is 42.5 Å². The number of rotatable bonds is 4. The molecule has 0 spiro atoms. The van der Waals surface area contributed by atoms with E-state index in [1.165, 1.54) is 0 Å². The van der Waals surface area contributed by atoms with Gasteiger partial charge in [0.1, 0.15) is 18.3 Å². The van der Waals surface area contributed by atoms with Crippen LogP contribution in [0.3, 0.4) is 0 Å². The maximum Gasteiger partial charge on any atom is 0.111 e. The molecule has 0 amide bonds. The van der Waals surface area contributed by atoms with Gasteiger partial charge in [0.05, 0.1) is 18.8 Å². The molecule has 2 rings (SSSR count). The van der Waals surface area contributed by atoms with Crippen molar-refractivity contribution in [3.05, 3.63) is 42.0 Å². The smallest absolute Gasteiger partial charge is 0.111 e. The second-order valence-corrected chi connectivity index (χ2v) is 4.99. The molecule has 1 aliphatic rings. The van der Waals surface area contributed by atoms with Crippen LogP contribution in [0.15, 0.2) is 36.4 Å². The van der Waals surface area contributed by atoms with Crippen LogP contribution in [0.1, 0.15) is 12.0 Å². The Labute approximate surface area is 117 Å². The quantitative estimate of drug-likeness (QED) is 0.620. The van der Waals surface area contributed by atoms with Crippen molar-refractivity contribution in [3.63, 3.8) is 0 Å². The summed E-state index contributed by atoms with van der Waals surface area (Å²) in [5, 5.41) is 38.6. The lowest BCUT2D eigenvalue weighted by molar-refractivity contribution is -0.191. The molecule has 110 valence electrons. The number of hydrogen-bond donors (Lipinski definition) is 4. The maximum absolute atomic E-state index is 9.91. The molecule has 5 atom stereocenters. The molecule has 1 aromatic rings. The highest BCUT2D eigenvalue weighted by Crippen LogP contribution is 2.20. The highest BCUT2D eigenvalue weighted by Gasteiger charge is 2.37. The zero-order valence-electron chi connectivity index (χ0n) is 11.0. The molecule has 1 aliphatic heterocycles. The average Bonchev–Trinajstić information content (AvgIpc) is 2.47. The van der Waals surface area contributed by atoms with Crippen LogP contribution >= 0.6 is 0 Å². The first-order valence-corrected chi connectivity index (χ1v) is 6.65. The number of aliphatic hydroxyl groups excluding tert-OH is 4. The highest BCUT2D eigenvalue weighted by molar-refractivity contribution is 5.49. The van der Waals surface area contributed by atoms with E-state index in [2.05, 4.69) is 0 Å². The van der Waals surface area contributed by atoms with Crippen molar-refractivity contribution in [1.29, 1.82) is 0 Å². The van der Waals surface area contributed by atoms with Crippen LogP contribution < -0.4 is 0 Å². The molecule has 4 N–H and O–H groups in total. The van der Waals surface area contributed by atoms with Gasteiger partial charge in [-0.2, -0.15) is 0 Å². The van der Waals surface area contributed by atoms with Gasteiger partial charge in [-0.05, 0) is 5.56 Å². The van der Waals surface area contributed by atoms with E-state index in [1.807, 2.05) is 30.3 Å². The first-order chi connectivity index (χ1) is 9.58. The van der Waals surface area contributed by atoms with Gasteiger partial charge < -0.3 is 25.2 Å². The second kappa shape index (κ2) is 6.97. The van der Waals surface area contributed by atoms with Crippen LogP contribution in [0.4, 0.5) is 0 Å². The number of ether oxygens (including phenoxy) is 1. The largest absolute Gasteiger partial charge is 0.389 e. The zero-order valence-corrected chi connectivity index (χ0v) is 11.0. The highest BCUT2D eigenvalue weighted by atomic mass is 16.5. The van der Waals surface area contributed by atoms with E-state index in [4.69, 9.17) is 4.74 Å². The van der Waals surface area contributed by atoms with Crippen molar-refractivity contribution < 1.29 is 25.2 Å². The zero-order chi connectivity index (χ0) is 14.5. The normalized spacial score (nSPS) is 32.4. The van der Waals surface area contributed by atoms with Gasteiger partial charge in [0.15, 0.2) is 0 Å². The Bertz CT molecular complexity index is 433. The number of aliphatic hydroxyl groups is 4. The lowest BCUT2D eigenvalue weighted by atomic mass is 9.96. The molecule has 5 heteroatoms. The Morgan fingerprint density at radius 2 is 1.85 bits per heavy atom. The molecule has 0 radical (unpaired) electrons. The second-order valence-electron chi connectivity index (χ2n) is 4.99. The molecule has 1 aromatic carbocycles. The van der Waals surface area contributed by atoms with Gasteiger partial charge >= 0.3 is 0 Å². The molecule has 0 aliphatic carbocycles. The number of benzene rings is 1. The van der Waals surface area contributed by atoms with Gasteiger partial charge in [0.25, 0.3) is 0 Å². The molecule has 1 saturated heterocycles. The third kappa shape index (κ3) is 3.88. The predicted molar refractivity (Wildman–Crippen MR) is 73.9 cm³/mol. The molecule has 0 saturated carbocycles. The van der Waals surface area contributed by atoms with Gasteiger partial charge in [0, 0.05) is 6.42 Å². The fraction of sp³-hybridized carbons (Fsp3) is 0.467. The third-order valence-electron chi connectivity index (χ3n) is 3.39. The van der Waals surface area contributed by atoms with E-state index >= 15 is 0 Å². The summed E-state index contributed by atoms with van der Waals surface area (Å²) in [7, 11) is 0. The average molecular weight is 280 g/mol. The van der Waals surface area contributed by atoms with E-state index in [9.17, 15) is 20.4 Å². The SMILES string of the molecule is OC(/C=C/c1ccccc1)CC1OC[C@@H](O)[C@H](O)[C@H]1O. The van der Waals surface area contributed by atoms with E-state index in [1.54, 1.807) is 12.2 Å². The van der Waals surface area contributed by atoms with Crippen LogP contribution in [0.25, 0.3) is 6.08 Å². The Morgan fingerprint density at radius 3 is 2.55 bits per heavy atom. The van der Waals surface area contributed by atoms with Crippen LogP contribution in [0, 0.1) is 0 Å². The predicted octanol–water partition coefficient (Wildman–Crippen LogP) is -0.0677. The van der Waals surface area contributed by atoms with E-state index in [0.717, 1.165) is 5.56 Å². The van der Waals surface area contributed by atoms with Crippen LogP contribution in [-0.4, -0.2) is 57.6 Å². The summed E-state index contributed by atoms with van der Waals surface area (Å²) in [6.07, 6.45) is -1.45. The van der Waals surface area contributed by atoms with Crippen molar-refractivity contribution in [2.75, 3.05) is 6.61 Å². The molecule has 1 fully saturated rings. The minimum atomic E-state index is -1.24. The van der Waals surface area contributed by atoms with Crippen molar-refractivity contribution in [2.24, 2.45) is 0 Å². The molecule has 5 nitrogen and oxygen atoms in total. The minimum absolute atomic E-state index is 0.0436. The third-order valence-corrected chi connectivity index (χ3v) is 3.39. The summed E-state index contributed by atoms with van der Waals surface area (Å²) in [4.78, 5) is 0. The molecule has 20 heavy (non-hydrogen) atoms. The lowest BCUT2D eigenvalue weighted by Crippen LogP contribution is -2.53. The van der Waals surface area contributed by atoms with Crippen molar-refractivity contribution in [3.8, 4) is 0 Å². The fourth-order valence-electron chi connectivity index (χ4n) is 2.18. The number of hydrogen-bond acceptors (Lipinski definition) is 5. The van der Waals surface area contributed by atoms with E-state index in [-0.39, 0.29) is 13.0 Å². The van der Waals surface area contributed by atoms with Gasteiger partial charge in [0.2, 0.25) is 0 Å². The maximum atomic E-state index is 9.91. The van der Waals surface area contributed by atoms with Gasteiger partial charge in [-0.25, -0.2) is 0 Å². The fourth-order valence-corrected chi connectivity index (χ4v) is 2.18. The first-order valence-electron chi connectivity index (χ1n) is 6.65. The molecular weight excluding hydrogens is 260 g/mol. The Balaban J connectivity index is 1.88. The van der Waals surface area contributed by atoms with Crippen LogP contribution in [0.5, 0.6) is 0 Å². The Morgan fingerprint density at radius 1 is 1.15 bits per heavy atom. The Kier molecular flexibility index (Phi) is 5.28. The molecule has 0 bridgehead atoms. The summed E-state index contributed by atoms with van der Waals surface area (Å²) in [6.45, 7) is -0.0436. The summed E-state index contributed by atoms with van der Waals surface area (Å²) < 4.78 is 5.24.